The minimum Gasteiger partial charge on any atom is -0.482 e. The van der Waals surface area contributed by atoms with E-state index in [2.05, 4.69) is 0 Å². The predicted octanol–water partition coefficient (Wildman–Crippen LogP) is 2.86. The van der Waals surface area contributed by atoms with E-state index in [-0.39, 0.29) is 25.0 Å². The molecule has 4 aliphatic rings. The third-order valence-electron chi connectivity index (χ3n) is 11.6. The van der Waals surface area contributed by atoms with Crippen LogP contribution in [0.5, 0.6) is 5.75 Å². The van der Waals surface area contributed by atoms with E-state index in [0.29, 0.717) is 5.75 Å². The molecule has 3 unspecified atom stereocenters. The van der Waals surface area contributed by atoms with Crippen LogP contribution >= 0.6 is 0 Å². The van der Waals surface area contributed by atoms with Crippen LogP contribution in [0.2, 0.25) is 0 Å². The number of ether oxygens (including phenoxy) is 5. The molecule has 2 N–H and O–H groups in total. The molecule has 2 aromatic carbocycles. The Morgan fingerprint density at radius 1 is 0.959 bits per heavy atom. The van der Waals surface area contributed by atoms with E-state index in [1.807, 2.05) is 0 Å². The summed E-state index contributed by atoms with van der Waals surface area (Å²) in [6.07, 6.45) is -5.77. The van der Waals surface area contributed by atoms with Crippen molar-refractivity contribution in [2.24, 2.45) is 28.6 Å². The van der Waals surface area contributed by atoms with Crippen LogP contribution in [0.1, 0.15) is 57.8 Å². The molecular weight excluding hydrogens is 636 g/mol. The van der Waals surface area contributed by atoms with Gasteiger partial charge in [0.05, 0.1) is 29.6 Å². The molecule has 2 bridgehead atoms. The van der Waals surface area contributed by atoms with Gasteiger partial charge in [0, 0.05) is 31.1 Å². The molecule has 262 valence electrons. The number of para-hydroxylation sites is 1. The number of carbonyl (C=O) groups excluding carboxylic acids is 5. The lowest BCUT2D eigenvalue weighted by atomic mass is 9.42. The van der Waals surface area contributed by atoms with Gasteiger partial charge in [-0.15, -0.1) is 0 Å². The highest BCUT2D eigenvalue weighted by molar-refractivity contribution is 6.40. The van der Waals surface area contributed by atoms with Crippen molar-refractivity contribution >= 4 is 29.5 Å². The van der Waals surface area contributed by atoms with Gasteiger partial charge in [0.1, 0.15) is 29.7 Å². The number of aliphatic hydroxyl groups is 2. The maximum absolute atomic E-state index is 14.9. The van der Waals surface area contributed by atoms with Crippen molar-refractivity contribution in [1.82, 2.24) is 0 Å². The molecule has 12 nitrogen and oxygen atoms in total. The number of fused-ring (bicyclic) bond motifs is 5. The lowest BCUT2D eigenvalue weighted by Gasteiger charge is -2.68. The summed E-state index contributed by atoms with van der Waals surface area (Å²) >= 11 is 0. The first-order valence-electron chi connectivity index (χ1n) is 16.5. The van der Waals surface area contributed by atoms with Crippen molar-refractivity contribution in [1.29, 1.82) is 0 Å². The number of carbonyl (C=O) groups is 5. The van der Waals surface area contributed by atoms with Gasteiger partial charge in [0.2, 0.25) is 11.6 Å². The van der Waals surface area contributed by atoms with E-state index < -0.39 is 100 Å². The van der Waals surface area contributed by atoms with Gasteiger partial charge >= 0.3 is 17.9 Å². The van der Waals surface area contributed by atoms with Gasteiger partial charge in [-0.25, -0.2) is 9.59 Å². The van der Waals surface area contributed by atoms with Gasteiger partial charge in [-0.05, 0) is 37.1 Å². The second-order valence-corrected chi connectivity index (χ2v) is 14.6. The van der Waals surface area contributed by atoms with Gasteiger partial charge < -0.3 is 33.9 Å². The molecule has 2 aromatic rings. The monoisotopic (exact) mass is 678 g/mol. The fourth-order valence-corrected chi connectivity index (χ4v) is 8.95. The topological polar surface area (TPSA) is 172 Å². The van der Waals surface area contributed by atoms with Crippen LogP contribution < -0.4 is 4.74 Å². The maximum atomic E-state index is 14.9. The van der Waals surface area contributed by atoms with Gasteiger partial charge in [0.15, 0.2) is 12.2 Å². The molecule has 10 atom stereocenters. The Labute approximate surface area is 284 Å². The van der Waals surface area contributed by atoms with Gasteiger partial charge in [0.25, 0.3) is 0 Å². The summed E-state index contributed by atoms with van der Waals surface area (Å²) in [4.78, 5) is 69.5. The first-order chi connectivity index (χ1) is 23.1. The number of benzene rings is 2. The molecule has 0 radical (unpaired) electrons. The van der Waals surface area contributed by atoms with Crippen LogP contribution in [0, 0.1) is 28.6 Å². The summed E-state index contributed by atoms with van der Waals surface area (Å²) in [5.41, 5.74) is -7.18. The van der Waals surface area contributed by atoms with Crippen LogP contribution in [-0.2, 0) is 38.1 Å². The Balaban J connectivity index is 1.53. The highest BCUT2D eigenvalue weighted by Crippen LogP contribution is 2.64. The average Bonchev–Trinajstić information content (AvgIpc) is 3.06. The molecule has 1 aliphatic heterocycles. The van der Waals surface area contributed by atoms with E-state index >= 15 is 0 Å². The van der Waals surface area contributed by atoms with E-state index in [0.717, 1.165) is 0 Å². The maximum Gasteiger partial charge on any atom is 0.344 e. The summed E-state index contributed by atoms with van der Waals surface area (Å²) in [6.45, 7) is 6.65. The van der Waals surface area contributed by atoms with Crippen LogP contribution in [0.15, 0.2) is 60.7 Å². The molecule has 3 aliphatic carbocycles. The van der Waals surface area contributed by atoms with Gasteiger partial charge in [-0.3, -0.25) is 14.4 Å². The summed E-state index contributed by atoms with van der Waals surface area (Å²) < 4.78 is 29.8. The Morgan fingerprint density at radius 2 is 1.59 bits per heavy atom. The van der Waals surface area contributed by atoms with E-state index in [1.165, 1.54) is 26.0 Å². The first kappa shape index (κ1) is 34.7. The number of rotatable bonds is 7. The number of hydrogen-bond acceptors (Lipinski definition) is 12. The van der Waals surface area contributed by atoms with Crippen LogP contribution in [-0.4, -0.2) is 88.5 Å². The number of Topliss-reactive ketones (excluding diaryl/α,β-unsaturated/α-hetero) is 2. The Kier molecular flexibility index (Phi) is 8.74. The first-order valence-corrected chi connectivity index (χ1v) is 16.5. The Bertz CT molecular complexity index is 1640. The fraction of sp³-hybridized carbons (Fsp3) is 0.541. The molecule has 3 saturated carbocycles. The second kappa shape index (κ2) is 12.3. The van der Waals surface area contributed by atoms with E-state index in [1.54, 1.807) is 69.3 Å². The van der Waals surface area contributed by atoms with Crippen molar-refractivity contribution < 1.29 is 57.9 Å². The molecule has 0 amide bonds. The van der Waals surface area contributed by atoms with E-state index in [9.17, 15) is 34.2 Å². The number of hydrogen-bond donors (Lipinski definition) is 2. The lowest BCUT2D eigenvalue weighted by Crippen LogP contribution is -2.82. The standard InChI is InChI=1S/C37H42O12/c1-20-24(39)17-37(44)32(48-33(43)22-12-8-6-9-13-22)30-35(5,31(42)29(41)28(20)34(37,3)4)25(16-26-36(30,19-46-26)49-21(2)38)47-27(40)18-45-23-14-10-7-11-15-23/h6-15,20,24-26,28,30,32,39,44H,16-19H2,1-5H3/t20?,24?,25-,26+,28?,30-,32-,35+,36-,37+/m0/s1. The summed E-state index contributed by atoms with van der Waals surface area (Å²) in [5, 5.41) is 24.3. The van der Waals surface area contributed by atoms with Crippen molar-refractivity contribution in [2.75, 3.05) is 13.2 Å². The van der Waals surface area contributed by atoms with E-state index in [4.69, 9.17) is 23.7 Å². The fourth-order valence-electron chi connectivity index (χ4n) is 8.95. The summed E-state index contributed by atoms with van der Waals surface area (Å²) in [5.74, 6) is -7.35. The highest BCUT2D eigenvalue weighted by atomic mass is 16.6. The molecule has 1 saturated heterocycles. The third kappa shape index (κ3) is 5.35. The van der Waals surface area contributed by atoms with Crippen molar-refractivity contribution in [2.45, 2.75) is 83.1 Å². The predicted molar refractivity (Wildman–Crippen MR) is 170 cm³/mol. The number of aliphatic hydroxyl groups excluding tert-OH is 1. The van der Waals surface area contributed by atoms with Crippen LogP contribution in [0.3, 0.4) is 0 Å². The van der Waals surface area contributed by atoms with Crippen LogP contribution in [0.25, 0.3) is 0 Å². The normalized spacial score (nSPS) is 37.6. The zero-order chi connectivity index (χ0) is 35.5. The molecule has 0 aromatic heterocycles. The minimum absolute atomic E-state index is 0.135. The van der Waals surface area contributed by atoms with Crippen molar-refractivity contribution in [3.63, 3.8) is 0 Å². The minimum atomic E-state index is -2.16. The highest BCUT2D eigenvalue weighted by Gasteiger charge is 2.79. The van der Waals surface area contributed by atoms with Crippen LogP contribution in [0.4, 0.5) is 0 Å². The number of esters is 3. The molecule has 0 spiro atoms. The summed E-state index contributed by atoms with van der Waals surface area (Å²) in [7, 11) is 0. The molecule has 1 heterocycles. The molecule has 6 rings (SSSR count). The SMILES string of the molecule is CC(=O)O[C@@]12CO[C@@H]1C[C@H](OC(=O)COc1ccccc1)[C@@]1(C)C(=O)C(=O)C3C(C)C(O)C[C@@](O)([C@@H](OC(=O)c4ccccc4)[C@H]21)C3(C)C. The molecule has 49 heavy (non-hydrogen) atoms. The second-order valence-electron chi connectivity index (χ2n) is 14.6. The van der Waals surface area contributed by atoms with Crippen molar-refractivity contribution in [3.05, 3.63) is 66.2 Å². The Morgan fingerprint density at radius 3 is 2.18 bits per heavy atom. The number of ketones is 2. The van der Waals surface area contributed by atoms with Crippen molar-refractivity contribution in [3.8, 4) is 5.75 Å². The lowest BCUT2D eigenvalue weighted by molar-refractivity contribution is -0.350. The summed E-state index contributed by atoms with van der Waals surface area (Å²) in [6, 6.07) is 16.6. The smallest absolute Gasteiger partial charge is 0.344 e. The molecule has 4 fully saturated rings. The zero-order valence-corrected chi connectivity index (χ0v) is 28.1. The Hall–Kier alpha value is -4.13. The third-order valence-corrected chi connectivity index (χ3v) is 11.6. The molecule has 12 heteroatoms. The van der Waals surface area contributed by atoms with Gasteiger partial charge in [-0.1, -0.05) is 57.2 Å². The quantitative estimate of drug-likeness (QED) is 0.250. The zero-order valence-electron chi connectivity index (χ0n) is 28.1. The molecular formula is C37H42O12. The van der Waals surface area contributed by atoms with Gasteiger partial charge in [-0.2, -0.15) is 0 Å². The largest absolute Gasteiger partial charge is 0.482 e. The average molecular weight is 679 g/mol.